The van der Waals surface area contributed by atoms with Crippen LogP contribution in [0.5, 0.6) is 0 Å². The maximum absolute atomic E-state index is 12.3. The predicted octanol–water partition coefficient (Wildman–Crippen LogP) is 0.539. The molecule has 5 heteroatoms. The molecule has 1 atom stereocenters. The Morgan fingerprint density at radius 1 is 1.65 bits per heavy atom. The number of carbonyl (C=O) groups excluding carboxylic acids is 1. The molecule has 0 unspecified atom stereocenters. The summed E-state index contributed by atoms with van der Waals surface area (Å²) in [5.74, 6) is 0.522. The number of aromatic nitrogens is 2. The average molecular weight is 236 g/mol. The van der Waals surface area contributed by atoms with Crippen molar-refractivity contribution < 1.29 is 4.79 Å². The summed E-state index contributed by atoms with van der Waals surface area (Å²) >= 11 is 0. The molecule has 94 valence electrons. The number of hydrogen-bond acceptors (Lipinski definition) is 3. The van der Waals surface area contributed by atoms with Gasteiger partial charge in [-0.15, -0.1) is 0 Å². The maximum Gasteiger partial charge on any atom is 0.272 e. The van der Waals surface area contributed by atoms with E-state index >= 15 is 0 Å². The summed E-state index contributed by atoms with van der Waals surface area (Å²) in [5, 5.41) is 4.21. The minimum atomic E-state index is 0.0752. The van der Waals surface area contributed by atoms with Crippen molar-refractivity contribution in [2.75, 3.05) is 19.6 Å². The normalized spacial score (nSPS) is 20.6. The van der Waals surface area contributed by atoms with Gasteiger partial charge in [-0.05, 0) is 38.3 Å². The van der Waals surface area contributed by atoms with Gasteiger partial charge in [0, 0.05) is 20.1 Å². The molecule has 0 spiro atoms. The molecular formula is C12H20N4O. The zero-order chi connectivity index (χ0) is 12.4. The van der Waals surface area contributed by atoms with Gasteiger partial charge >= 0.3 is 0 Å². The van der Waals surface area contributed by atoms with Gasteiger partial charge in [0.1, 0.15) is 5.69 Å². The SMILES string of the molecule is Cc1cc(C(=O)N2CCC[C@@H](CN)C2)n(C)n1. The van der Waals surface area contributed by atoms with Crippen LogP contribution in [-0.4, -0.2) is 40.2 Å². The predicted molar refractivity (Wildman–Crippen MR) is 65.6 cm³/mol. The first-order valence-electron chi connectivity index (χ1n) is 6.11. The summed E-state index contributed by atoms with van der Waals surface area (Å²) in [7, 11) is 1.81. The number of nitrogens with zero attached hydrogens (tertiary/aromatic N) is 3. The summed E-state index contributed by atoms with van der Waals surface area (Å²) in [5.41, 5.74) is 7.23. The molecule has 2 heterocycles. The average Bonchev–Trinajstić information content (AvgIpc) is 2.67. The number of aryl methyl sites for hydroxylation is 2. The van der Waals surface area contributed by atoms with Crippen LogP contribution < -0.4 is 5.73 Å². The molecule has 17 heavy (non-hydrogen) atoms. The lowest BCUT2D eigenvalue weighted by Crippen LogP contribution is -2.42. The third-order valence-corrected chi connectivity index (χ3v) is 3.36. The molecule has 1 saturated heterocycles. The Balaban J connectivity index is 2.12. The fraction of sp³-hybridized carbons (Fsp3) is 0.667. The van der Waals surface area contributed by atoms with E-state index in [4.69, 9.17) is 5.73 Å². The topological polar surface area (TPSA) is 64.2 Å². The van der Waals surface area contributed by atoms with Crippen LogP contribution in [0, 0.1) is 12.8 Å². The van der Waals surface area contributed by atoms with E-state index in [-0.39, 0.29) is 5.91 Å². The summed E-state index contributed by atoms with van der Waals surface area (Å²) in [6, 6.07) is 1.84. The van der Waals surface area contributed by atoms with Gasteiger partial charge in [-0.2, -0.15) is 5.10 Å². The number of piperidine rings is 1. The highest BCUT2D eigenvalue weighted by molar-refractivity contribution is 5.92. The van der Waals surface area contributed by atoms with E-state index < -0.39 is 0 Å². The first-order chi connectivity index (χ1) is 8.11. The molecule has 0 saturated carbocycles. The number of carbonyl (C=O) groups is 1. The van der Waals surface area contributed by atoms with Gasteiger partial charge in [0.25, 0.3) is 5.91 Å². The van der Waals surface area contributed by atoms with Crippen LogP contribution >= 0.6 is 0 Å². The van der Waals surface area contributed by atoms with Gasteiger partial charge in [0.05, 0.1) is 5.69 Å². The van der Waals surface area contributed by atoms with Crippen LogP contribution in [0.2, 0.25) is 0 Å². The molecule has 1 fully saturated rings. The van der Waals surface area contributed by atoms with Gasteiger partial charge in [0.2, 0.25) is 0 Å². The Labute approximate surface area is 102 Å². The first-order valence-corrected chi connectivity index (χ1v) is 6.11. The van der Waals surface area contributed by atoms with E-state index in [1.165, 1.54) is 0 Å². The Kier molecular flexibility index (Phi) is 3.47. The van der Waals surface area contributed by atoms with Crippen LogP contribution in [0.15, 0.2) is 6.07 Å². The molecular weight excluding hydrogens is 216 g/mol. The van der Waals surface area contributed by atoms with Crippen molar-refractivity contribution in [2.45, 2.75) is 19.8 Å². The zero-order valence-electron chi connectivity index (χ0n) is 10.5. The standard InChI is InChI=1S/C12H20N4O/c1-9-6-11(15(2)14-9)12(17)16-5-3-4-10(7-13)8-16/h6,10H,3-5,7-8,13H2,1-2H3/t10-/m0/s1. The van der Waals surface area contributed by atoms with Crippen molar-refractivity contribution >= 4 is 5.91 Å². The van der Waals surface area contributed by atoms with Gasteiger partial charge < -0.3 is 10.6 Å². The molecule has 1 aliphatic heterocycles. The quantitative estimate of drug-likeness (QED) is 0.815. The number of hydrogen-bond donors (Lipinski definition) is 1. The van der Waals surface area contributed by atoms with Crippen LogP contribution in [0.1, 0.15) is 29.0 Å². The van der Waals surface area contributed by atoms with Gasteiger partial charge in [0.15, 0.2) is 0 Å². The van der Waals surface area contributed by atoms with Crippen molar-refractivity contribution in [3.8, 4) is 0 Å². The summed E-state index contributed by atoms with van der Waals surface area (Å²) < 4.78 is 1.66. The van der Waals surface area contributed by atoms with Crippen LogP contribution in [0.25, 0.3) is 0 Å². The van der Waals surface area contributed by atoms with E-state index in [2.05, 4.69) is 5.10 Å². The number of rotatable bonds is 2. The van der Waals surface area contributed by atoms with E-state index in [0.717, 1.165) is 31.6 Å². The second-order valence-electron chi connectivity index (χ2n) is 4.79. The largest absolute Gasteiger partial charge is 0.337 e. The third-order valence-electron chi connectivity index (χ3n) is 3.36. The molecule has 5 nitrogen and oxygen atoms in total. The fourth-order valence-electron chi connectivity index (χ4n) is 2.41. The minimum absolute atomic E-state index is 0.0752. The Bertz CT molecular complexity index is 413. The molecule has 1 aromatic rings. The van der Waals surface area contributed by atoms with Crippen molar-refractivity contribution in [1.29, 1.82) is 0 Å². The van der Waals surface area contributed by atoms with E-state index in [0.29, 0.717) is 18.2 Å². The Morgan fingerprint density at radius 3 is 3.00 bits per heavy atom. The number of amides is 1. The smallest absolute Gasteiger partial charge is 0.272 e. The zero-order valence-corrected chi connectivity index (χ0v) is 10.5. The van der Waals surface area contributed by atoms with E-state index in [1.54, 1.807) is 4.68 Å². The third kappa shape index (κ3) is 2.49. The molecule has 0 bridgehead atoms. The first kappa shape index (κ1) is 12.1. The van der Waals surface area contributed by atoms with Crippen LogP contribution in [-0.2, 0) is 7.05 Å². The Hall–Kier alpha value is -1.36. The highest BCUT2D eigenvalue weighted by Crippen LogP contribution is 2.17. The van der Waals surface area contributed by atoms with Crippen molar-refractivity contribution in [3.63, 3.8) is 0 Å². The van der Waals surface area contributed by atoms with Crippen LogP contribution in [0.4, 0.5) is 0 Å². The summed E-state index contributed by atoms with van der Waals surface area (Å²) in [6.45, 7) is 4.17. The van der Waals surface area contributed by atoms with Crippen LogP contribution in [0.3, 0.4) is 0 Å². The molecule has 1 amide bonds. The highest BCUT2D eigenvalue weighted by atomic mass is 16.2. The second-order valence-corrected chi connectivity index (χ2v) is 4.79. The van der Waals surface area contributed by atoms with E-state index in [1.807, 2.05) is 24.9 Å². The molecule has 0 radical (unpaired) electrons. The summed E-state index contributed by atoms with van der Waals surface area (Å²) in [6.07, 6.45) is 2.18. The van der Waals surface area contributed by atoms with Gasteiger partial charge in [-0.25, -0.2) is 0 Å². The molecule has 1 aromatic heterocycles. The summed E-state index contributed by atoms with van der Waals surface area (Å²) in [4.78, 5) is 14.2. The van der Waals surface area contributed by atoms with Crippen molar-refractivity contribution in [3.05, 3.63) is 17.5 Å². The maximum atomic E-state index is 12.3. The van der Waals surface area contributed by atoms with E-state index in [9.17, 15) is 4.79 Å². The number of likely N-dealkylation sites (tertiary alicyclic amines) is 1. The highest BCUT2D eigenvalue weighted by Gasteiger charge is 2.25. The minimum Gasteiger partial charge on any atom is -0.337 e. The Morgan fingerprint density at radius 2 is 2.41 bits per heavy atom. The van der Waals surface area contributed by atoms with Gasteiger partial charge in [-0.3, -0.25) is 9.48 Å². The fourth-order valence-corrected chi connectivity index (χ4v) is 2.41. The molecule has 0 aliphatic carbocycles. The second kappa shape index (κ2) is 4.87. The number of nitrogens with two attached hydrogens (primary N) is 1. The molecule has 2 N–H and O–H groups in total. The monoisotopic (exact) mass is 236 g/mol. The van der Waals surface area contributed by atoms with Crippen molar-refractivity contribution in [1.82, 2.24) is 14.7 Å². The lowest BCUT2D eigenvalue weighted by Gasteiger charge is -2.32. The van der Waals surface area contributed by atoms with Crippen molar-refractivity contribution in [2.24, 2.45) is 18.7 Å². The van der Waals surface area contributed by atoms with Gasteiger partial charge in [-0.1, -0.05) is 0 Å². The molecule has 1 aliphatic rings. The lowest BCUT2D eigenvalue weighted by molar-refractivity contribution is 0.0667. The molecule has 0 aromatic carbocycles. The molecule has 2 rings (SSSR count). The lowest BCUT2D eigenvalue weighted by atomic mass is 9.98.